The molecule has 1 aromatic carbocycles. The van der Waals surface area contributed by atoms with Crippen LogP contribution in [0.5, 0.6) is 0 Å². The molecule has 0 aliphatic carbocycles. The van der Waals surface area contributed by atoms with Crippen molar-refractivity contribution in [3.05, 3.63) is 49.9 Å². The molecule has 0 radical (unpaired) electrons. The summed E-state index contributed by atoms with van der Waals surface area (Å²) < 4.78 is 0. The predicted octanol–water partition coefficient (Wildman–Crippen LogP) is 4.18. The Labute approximate surface area is 144 Å². The van der Waals surface area contributed by atoms with Gasteiger partial charge in [-0.3, -0.25) is 4.99 Å². The number of hydrogen-bond acceptors (Lipinski definition) is 3. The van der Waals surface area contributed by atoms with Crippen LogP contribution < -0.4 is 10.6 Å². The quantitative estimate of drug-likeness (QED) is 0.637. The van der Waals surface area contributed by atoms with Gasteiger partial charge in [-0.25, -0.2) is 4.98 Å². The Morgan fingerprint density at radius 1 is 1.41 bits per heavy atom. The van der Waals surface area contributed by atoms with Crippen molar-refractivity contribution in [1.82, 2.24) is 15.6 Å². The second kappa shape index (κ2) is 7.81. The van der Waals surface area contributed by atoms with Crippen LogP contribution in [0.4, 0.5) is 0 Å². The first-order valence-corrected chi connectivity index (χ1v) is 8.46. The van der Waals surface area contributed by atoms with E-state index in [1.165, 1.54) is 4.88 Å². The number of halogens is 2. The predicted molar refractivity (Wildman–Crippen MR) is 95.1 cm³/mol. The molecule has 7 heteroatoms. The Morgan fingerprint density at radius 3 is 2.77 bits per heavy atom. The van der Waals surface area contributed by atoms with E-state index in [4.69, 9.17) is 23.2 Å². The van der Waals surface area contributed by atoms with Crippen LogP contribution in [-0.4, -0.2) is 18.0 Å². The molecule has 0 amide bonds. The molecule has 0 bridgehead atoms. The maximum atomic E-state index is 6.24. The highest BCUT2D eigenvalue weighted by Crippen LogP contribution is 2.26. The van der Waals surface area contributed by atoms with Crippen LogP contribution in [-0.2, 0) is 6.54 Å². The molecule has 1 aromatic heterocycles. The summed E-state index contributed by atoms with van der Waals surface area (Å²) in [6, 6.07) is 5.51. The van der Waals surface area contributed by atoms with Crippen molar-refractivity contribution in [3.63, 3.8) is 0 Å². The van der Waals surface area contributed by atoms with Gasteiger partial charge in [0.1, 0.15) is 0 Å². The molecule has 22 heavy (non-hydrogen) atoms. The van der Waals surface area contributed by atoms with Gasteiger partial charge in [0.15, 0.2) is 5.96 Å². The van der Waals surface area contributed by atoms with Crippen molar-refractivity contribution in [1.29, 1.82) is 0 Å². The molecule has 0 aliphatic rings. The molecular weight excluding hydrogens is 339 g/mol. The van der Waals surface area contributed by atoms with Crippen molar-refractivity contribution in [2.75, 3.05) is 7.05 Å². The molecule has 2 rings (SSSR count). The number of benzene rings is 1. The molecule has 0 saturated carbocycles. The summed E-state index contributed by atoms with van der Waals surface area (Å²) in [6.45, 7) is 4.72. The molecule has 0 saturated heterocycles. The number of aliphatic imine (C=N–C) groups is 1. The average Bonchev–Trinajstić information content (AvgIpc) is 2.88. The third kappa shape index (κ3) is 4.35. The molecule has 1 heterocycles. The van der Waals surface area contributed by atoms with Gasteiger partial charge in [0.25, 0.3) is 0 Å². The fourth-order valence-corrected chi connectivity index (χ4v) is 3.28. The number of rotatable bonds is 4. The molecule has 0 aliphatic heterocycles. The Bertz CT molecular complexity index is 669. The van der Waals surface area contributed by atoms with E-state index in [1.54, 1.807) is 24.5 Å². The topological polar surface area (TPSA) is 49.3 Å². The van der Waals surface area contributed by atoms with Crippen LogP contribution in [0.1, 0.15) is 29.1 Å². The van der Waals surface area contributed by atoms with Crippen molar-refractivity contribution in [2.24, 2.45) is 4.99 Å². The molecule has 4 nitrogen and oxygen atoms in total. The monoisotopic (exact) mass is 356 g/mol. The standard InChI is InChI=1S/C15H18Cl2N4S/c1-9(12-5-4-11(16)6-13(12)17)21-15(18-3)19-7-14-10(2)20-8-22-14/h4-6,8-9H,7H2,1-3H3,(H2,18,19,21). The lowest BCUT2D eigenvalue weighted by Gasteiger charge is -2.19. The van der Waals surface area contributed by atoms with Gasteiger partial charge >= 0.3 is 0 Å². The minimum Gasteiger partial charge on any atom is -0.351 e. The summed E-state index contributed by atoms with van der Waals surface area (Å²) in [5.74, 6) is 0.714. The summed E-state index contributed by atoms with van der Waals surface area (Å²) in [6.07, 6.45) is 0. The largest absolute Gasteiger partial charge is 0.351 e. The van der Waals surface area contributed by atoms with Gasteiger partial charge in [-0.15, -0.1) is 11.3 Å². The van der Waals surface area contributed by atoms with Gasteiger partial charge in [-0.2, -0.15) is 0 Å². The van der Waals surface area contributed by atoms with Gasteiger partial charge in [0.05, 0.1) is 23.8 Å². The number of nitrogens with one attached hydrogen (secondary N) is 2. The van der Waals surface area contributed by atoms with E-state index < -0.39 is 0 Å². The highest BCUT2D eigenvalue weighted by molar-refractivity contribution is 7.09. The first kappa shape index (κ1) is 17.1. The van der Waals surface area contributed by atoms with Crippen molar-refractivity contribution < 1.29 is 0 Å². The van der Waals surface area contributed by atoms with E-state index in [1.807, 2.05) is 31.5 Å². The smallest absolute Gasteiger partial charge is 0.191 e. The third-order valence-corrected chi connectivity index (χ3v) is 4.76. The van der Waals surface area contributed by atoms with E-state index in [2.05, 4.69) is 20.6 Å². The zero-order chi connectivity index (χ0) is 16.1. The van der Waals surface area contributed by atoms with E-state index in [0.29, 0.717) is 22.5 Å². The van der Waals surface area contributed by atoms with Gasteiger partial charge < -0.3 is 10.6 Å². The third-order valence-electron chi connectivity index (χ3n) is 3.27. The summed E-state index contributed by atoms with van der Waals surface area (Å²) in [4.78, 5) is 9.67. The first-order valence-electron chi connectivity index (χ1n) is 6.82. The normalized spacial score (nSPS) is 13.0. The van der Waals surface area contributed by atoms with E-state index >= 15 is 0 Å². The Kier molecular flexibility index (Phi) is 6.06. The van der Waals surface area contributed by atoms with Crippen molar-refractivity contribution >= 4 is 40.5 Å². The molecule has 1 unspecified atom stereocenters. The molecule has 2 aromatic rings. The second-order valence-corrected chi connectivity index (χ2v) is 6.60. The van der Waals surface area contributed by atoms with Gasteiger partial charge in [0.2, 0.25) is 0 Å². The van der Waals surface area contributed by atoms with Crippen LogP contribution in [0.25, 0.3) is 0 Å². The fraction of sp³-hybridized carbons (Fsp3) is 0.333. The summed E-state index contributed by atoms with van der Waals surface area (Å²) in [5, 5.41) is 7.87. The molecule has 118 valence electrons. The second-order valence-electron chi connectivity index (χ2n) is 4.82. The fourth-order valence-electron chi connectivity index (χ4n) is 1.99. The summed E-state index contributed by atoms with van der Waals surface area (Å²) in [7, 11) is 1.74. The number of nitrogens with zero attached hydrogens (tertiary/aromatic N) is 2. The van der Waals surface area contributed by atoms with Crippen LogP contribution in [0, 0.1) is 6.92 Å². The van der Waals surface area contributed by atoms with E-state index in [9.17, 15) is 0 Å². The Morgan fingerprint density at radius 2 is 2.18 bits per heavy atom. The lowest BCUT2D eigenvalue weighted by molar-refractivity contribution is 0.686. The number of aromatic nitrogens is 1. The van der Waals surface area contributed by atoms with Gasteiger partial charge in [-0.1, -0.05) is 29.3 Å². The van der Waals surface area contributed by atoms with Crippen LogP contribution >= 0.6 is 34.5 Å². The molecule has 2 N–H and O–H groups in total. The highest BCUT2D eigenvalue weighted by atomic mass is 35.5. The number of aryl methyl sites for hydroxylation is 1. The Hall–Kier alpha value is -1.30. The van der Waals surface area contributed by atoms with Crippen molar-refractivity contribution in [3.8, 4) is 0 Å². The molecule has 1 atom stereocenters. The average molecular weight is 357 g/mol. The van der Waals surface area contributed by atoms with Gasteiger partial charge in [-0.05, 0) is 31.5 Å². The highest BCUT2D eigenvalue weighted by Gasteiger charge is 2.12. The molecular formula is C15H18Cl2N4S. The van der Waals surface area contributed by atoms with Crippen LogP contribution in [0.2, 0.25) is 10.0 Å². The lowest BCUT2D eigenvalue weighted by Crippen LogP contribution is -2.38. The Balaban J connectivity index is 1.99. The SMILES string of the molecule is CN=C(NCc1scnc1C)NC(C)c1ccc(Cl)cc1Cl. The van der Waals surface area contributed by atoms with Crippen molar-refractivity contribution in [2.45, 2.75) is 26.4 Å². The van der Waals surface area contributed by atoms with Crippen LogP contribution in [0.15, 0.2) is 28.7 Å². The number of thiazole rings is 1. The lowest BCUT2D eigenvalue weighted by atomic mass is 10.1. The van der Waals surface area contributed by atoms with Crippen LogP contribution in [0.3, 0.4) is 0 Å². The molecule has 0 fully saturated rings. The van der Waals surface area contributed by atoms with Gasteiger partial charge in [0, 0.05) is 22.0 Å². The van der Waals surface area contributed by atoms with E-state index in [0.717, 1.165) is 11.3 Å². The molecule has 0 spiro atoms. The minimum atomic E-state index is 0.0125. The summed E-state index contributed by atoms with van der Waals surface area (Å²) in [5.41, 5.74) is 3.86. The zero-order valence-electron chi connectivity index (χ0n) is 12.7. The number of hydrogen-bond donors (Lipinski definition) is 2. The number of guanidine groups is 1. The van der Waals surface area contributed by atoms with E-state index in [-0.39, 0.29) is 6.04 Å². The maximum absolute atomic E-state index is 6.24. The first-order chi connectivity index (χ1) is 10.5. The minimum absolute atomic E-state index is 0.0125. The zero-order valence-corrected chi connectivity index (χ0v) is 15.0. The maximum Gasteiger partial charge on any atom is 0.191 e. The summed E-state index contributed by atoms with van der Waals surface area (Å²) >= 11 is 13.8.